The predicted octanol–water partition coefficient (Wildman–Crippen LogP) is 2.95. The van der Waals surface area contributed by atoms with Crippen LogP contribution in [0.15, 0.2) is 36.4 Å². The Hall–Kier alpha value is -2.14. The van der Waals surface area contributed by atoms with Crippen molar-refractivity contribution in [3.05, 3.63) is 36.4 Å². The molecule has 2 N–H and O–H groups in total. The van der Waals surface area contributed by atoms with Crippen LogP contribution in [0.3, 0.4) is 0 Å². The van der Waals surface area contributed by atoms with Gasteiger partial charge in [-0.25, -0.2) is 9.97 Å². The first-order chi connectivity index (χ1) is 8.78. The lowest BCUT2D eigenvalue weighted by Crippen LogP contribution is -1.89. The lowest BCUT2D eigenvalue weighted by Gasteiger charge is -2.06. The molecule has 5 heteroatoms. The van der Waals surface area contributed by atoms with Crippen LogP contribution < -0.4 is 10.5 Å². The van der Waals surface area contributed by atoms with E-state index in [0.29, 0.717) is 5.13 Å². The molecule has 3 aromatic rings. The van der Waals surface area contributed by atoms with Crippen molar-refractivity contribution < 1.29 is 4.74 Å². The number of benzene rings is 1. The van der Waals surface area contributed by atoms with E-state index in [1.54, 1.807) is 7.11 Å². The maximum absolute atomic E-state index is 5.68. The van der Waals surface area contributed by atoms with E-state index in [1.807, 2.05) is 36.4 Å². The molecule has 0 unspecified atom stereocenters. The van der Waals surface area contributed by atoms with Gasteiger partial charge in [0.2, 0.25) is 0 Å². The first-order valence-electron chi connectivity index (χ1n) is 5.44. The van der Waals surface area contributed by atoms with Crippen molar-refractivity contribution in [3.8, 4) is 17.0 Å². The van der Waals surface area contributed by atoms with Gasteiger partial charge in [-0.2, -0.15) is 0 Å². The molecule has 0 aliphatic carbocycles. The summed E-state index contributed by atoms with van der Waals surface area (Å²) >= 11 is 1.39. The Balaban J connectivity index is 2.18. The second kappa shape index (κ2) is 4.27. The first kappa shape index (κ1) is 11.0. The van der Waals surface area contributed by atoms with Gasteiger partial charge in [-0.3, -0.25) is 0 Å². The maximum Gasteiger partial charge on any atom is 0.182 e. The average Bonchev–Trinajstić information content (AvgIpc) is 2.77. The number of fused-ring (bicyclic) bond motifs is 1. The topological polar surface area (TPSA) is 61.0 Å². The number of anilines is 1. The fraction of sp³-hybridized carbons (Fsp3) is 0.0769. The van der Waals surface area contributed by atoms with Crippen molar-refractivity contribution in [3.63, 3.8) is 0 Å². The van der Waals surface area contributed by atoms with E-state index in [2.05, 4.69) is 9.97 Å². The molecule has 0 fully saturated rings. The average molecular weight is 257 g/mol. The minimum absolute atomic E-state index is 0.537. The summed E-state index contributed by atoms with van der Waals surface area (Å²) in [5, 5.41) is 0.537. The number of ether oxygens (including phenoxy) is 1. The summed E-state index contributed by atoms with van der Waals surface area (Å²) in [5.41, 5.74) is 8.34. The molecule has 0 saturated heterocycles. The van der Waals surface area contributed by atoms with Crippen LogP contribution in [0.5, 0.6) is 5.75 Å². The molecule has 0 aliphatic heterocycles. The molecule has 18 heavy (non-hydrogen) atoms. The summed E-state index contributed by atoms with van der Waals surface area (Å²) in [5.74, 6) is 0.807. The third-order valence-corrected chi connectivity index (χ3v) is 3.45. The van der Waals surface area contributed by atoms with Gasteiger partial charge in [0.25, 0.3) is 0 Å². The molecule has 3 rings (SSSR count). The van der Waals surface area contributed by atoms with Gasteiger partial charge in [-0.05, 0) is 24.3 Å². The largest absolute Gasteiger partial charge is 0.496 e. The zero-order chi connectivity index (χ0) is 12.5. The molecular weight excluding hydrogens is 246 g/mol. The minimum atomic E-state index is 0.537. The number of thiazole rings is 1. The number of methoxy groups -OCH3 is 1. The Bertz CT molecular complexity index is 708. The number of hydrogen-bond acceptors (Lipinski definition) is 5. The van der Waals surface area contributed by atoms with E-state index >= 15 is 0 Å². The van der Waals surface area contributed by atoms with Crippen molar-refractivity contribution in [2.24, 2.45) is 0 Å². The number of nitrogens with two attached hydrogens (primary N) is 1. The number of rotatable bonds is 2. The molecule has 0 aliphatic rings. The number of para-hydroxylation sites is 1. The van der Waals surface area contributed by atoms with Gasteiger partial charge in [-0.1, -0.05) is 23.5 Å². The molecule has 0 saturated carbocycles. The highest BCUT2D eigenvalue weighted by atomic mass is 32.1. The van der Waals surface area contributed by atoms with Crippen molar-refractivity contribution in [1.82, 2.24) is 9.97 Å². The highest BCUT2D eigenvalue weighted by molar-refractivity contribution is 7.21. The normalized spacial score (nSPS) is 10.7. The Labute approximate surface area is 108 Å². The molecule has 1 aromatic carbocycles. The molecule has 0 bridgehead atoms. The predicted molar refractivity (Wildman–Crippen MR) is 73.8 cm³/mol. The van der Waals surface area contributed by atoms with Crippen LogP contribution in [-0.4, -0.2) is 17.1 Å². The summed E-state index contributed by atoms with van der Waals surface area (Å²) in [6.07, 6.45) is 0. The van der Waals surface area contributed by atoms with Crippen molar-refractivity contribution in [1.29, 1.82) is 0 Å². The number of pyridine rings is 1. The Kier molecular flexibility index (Phi) is 2.60. The molecular formula is C13H11N3OS. The monoisotopic (exact) mass is 257 g/mol. The van der Waals surface area contributed by atoms with Gasteiger partial charge in [0.15, 0.2) is 5.13 Å². The fourth-order valence-electron chi connectivity index (χ4n) is 1.84. The molecule has 90 valence electrons. The second-order valence-electron chi connectivity index (χ2n) is 3.77. The van der Waals surface area contributed by atoms with Gasteiger partial charge in [0, 0.05) is 5.56 Å². The van der Waals surface area contributed by atoms with Crippen LogP contribution in [0.25, 0.3) is 21.6 Å². The van der Waals surface area contributed by atoms with Crippen LogP contribution in [0.4, 0.5) is 5.13 Å². The van der Waals surface area contributed by atoms with E-state index in [0.717, 1.165) is 27.4 Å². The van der Waals surface area contributed by atoms with Gasteiger partial charge in [-0.15, -0.1) is 0 Å². The van der Waals surface area contributed by atoms with Gasteiger partial charge in [0.1, 0.15) is 16.1 Å². The second-order valence-corrected chi connectivity index (χ2v) is 4.78. The Morgan fingerprint density at radius 1 is 1.11 bits per heavy atom. The van der Waals surface area contributed by atoms with E-state index in [-0.39, 0.29) is 0 Å². The van der Waals surface area contributed by atoms with Crippen LogP contribution in [0.2, 0.25) is 0 Å². The van der Waals surface area contributed by atoms with Gasteiger partial charge < -0.3 is 10.5 Å². The summed E-state index contributed by atoms with van der Waals surface area (Å²) in [7, 11) is 1.65. The van der Waals surface area contributed by atoms with E-state index in [9.17, 15) is 0 Å². The number of nitrogen functional groups attached to an aromatic ring is 1. The van der Waals surface area contributed by atoms with E-state index < -0.39 is 0 Å². The number of aromatic nitrogens is 2. The van der Waals surface area contributed by atoms with E-state index in [4.69, 9.17) is 10.5 Å². The molecule has 0 amide bonds. The van der Waals surface area contributed by atoms with Crippen LogP contribution in [0, 0.1) is 0 Å². The first-order valence-corrected chi connectivity index (χ1v) is 6.26. The lowest BCUT2D eigenvalue weighted by atomic mass is 10.1. The molecule has 2 heterocycles. The quantitative estimate of drug-likeness (QED) is 0.766. The summed E-state index contributed by atoms with van der Waals surface area (Å²) < 4.78 is 5.34. The maximum atomic E-state index is 5.68. The van der Waals surface area contributed by atoms with Crippen molar-refractivity contribution in [2.45, 2.75) is 0 Å². The number of nitrogens with zero attached hydrogens (tertiary/aromatic N) is 2. The van der Waals surface area contributed by atoms with Gasteiger partial charge in [0.05, 0.1) is 12.8 Å². The van der Waals surface area contributed by atoms with Crippen LogP contribution in [0.1, 0.15) is 0 Å². The molecule has 0 radical (unpaired) electrons. The molecule has 2 aromatic heterocycles. The standard InChI is InChI=1S/C13H11N3OS/c1-17-11-5-3-2-4-8(11)9-6-7-10-12(15-9)18-13(14)16-10/h2-7H,1H3,(H2,14,16). The summed E-state index contributed by atoms with van der Waals surface area (Å²) in [6, 6.07) is 11.7. The van der Waals surface area contributed by atoms with E-state index in [1.165, 1.54) is 11.3 Å². The molecule has 4 nitrogen and oxygen atoms in total. The fourth-order valence-corrected chi connectivity index (χ4v) is 2.54. The minimum Gasteiger partial charge on any atom is -0.496 e. The zero-order valence-electron chi connectivity index (χ0n) is 9.75. The highest BCUT2D eigenvalue weighted by Gasteiger charge is 2.09. The zero-order valence-corrected chi connectivity index (χ0v) is 10.6. The smallest absolute Gasteiger partial charge is 0.182 e. The Morgan fingerprint density at radius 2 is 1.94 bits per heavy atom. The summed E-state index contributed by atoms with van der Waals surface area (Å²) in [6.45, 7) is 0. The van der Waals surface area contributed by atoms with Crippen LogP contribution >= 0.6 is 11.3 Å². The summed E-state index contributed by atoms with van der Waals surface area (Å²) in [4.78, 5) is 9.61. The van der Waals surface area contributed by atoms with Crippen molar-refractivity contribution >= 4 is 26.8 Å². The Morgan fingerprint density at radius 3 is 2.78 bits per heavy atom. The third-order valence-electron chi connectivity index (χ3n) is 2.66. The SMILES string of the molecule is COc1ccccc1-c1ccc2nc(N)sc2n1. The lowest BCUT2D eigenvalue weighted by molar-refractivity contribution is 0.416. The van der Waals surface area contributed by atoms with Gasteiger partial charge >= 0.3 is 0 Å². The number of hydrogen-bond donors (Lipinski definition) is 1. The molecule has 0 spiro atoms. The van der Waals surface area contributed by atoms with Crippen molar-refractivity contribution in [2.75, 3.05) is 12.8 Å². The highest BCUT2D eigenvalue weighted by Crippen LogP contribution is 2.31. The molecule has 0 atom stereocenters. The third kappa shape index (κ3) is 1.78. The van der Waals surface area contributed by atoms with Crippen LogP contribution in [-0.2, 0) is 0 Å².